The molecule has 0 spiro atoms. The van der Waals surface area contributed by atoms with Crippen LogP contribution in [0.15, 0.2) is 40.8 Å². The summed E-state index contributed by atoms with van der Waals surface area (Å²) in [6.45, 7) is 3.59. The average molecular weight is 393 g/mol. The van der Waals surface area contributed by atoms with E-state index in [0.717, 1.165) is 19.3 Å². The third kappa shape index (κ3) is 4.97. The van der Waals surface area contributed by atoms with Gasteiger partial charge < -0.3 is 10.1 Å². The number of ether oxygens (including phenoxy) is 1. The first kappa shape index (κ1) is 20.0. The molecule has 7 heteroatoms. The number of carbonyl (C=O) groups excluding carboxylic acids is 1. The molecule has 1 unspecified atom stereocenters. The lowest BCUT2D eigenvalue weighted by Crippen LogP contribution is -2.46. The van der Waals surface area contributed by atoms with Crippen LogP contribution in [0.1, 0.15) is 49.4 Å². The molecule has 3 rings (SSSR count). The molecule has 1 aromatic carbocycles. The van der Waals surface area contributed by atoms with Gasteiger partial charge in [-0.2, -0.15) is 4.31 Å². The summed E-state index contributed by atoms with van der Waals surface area (Å²) < 4.78 is 32.4. The first-order valence-corrected chi connectivity index (χ1v) is 11.1. The predicted octanol–water partition coefficient (Wildman–Crippen LogP) is 2.72. The van der Waals surface area contributed by atoms with E-state index in [2.05, 4.69) is 11.4 Å². The number of allylic oxidation sites excluding steroid dienone is 1. The van der Waals surface area contributed by atoms with E-state index in [0.29, 0.717) is 31.9 Å². The molecule has 0 bridgehead atoms. The van der Waals surface area contributed by atoms with Crippen molar-refractivity contribution < 1.29 is 17.9 Å². The number of hydrogen-bond donors (Lipinski definition) is 1. The van der Waals surface area contributed by atoms with E-state index in [4.69, 9.17) is 4.74 Å². The number of morpholine rings is 1. The van der Waals surface area contributed by atoms with Gasteiger partial charge in [-0.15, -0.1) is 0 Å². The van der Waals surface area contributed by atoms with E-state index in [-0.39, 0.29) is 16.8 Å². The van der Waals surface area contributed by atoms with Crippen LogP contribution < -0.4 is 5.32 Å². The van der Waals surface area contributed by atoms with Gasteiger partial charge in [0.05, 0.1) is 18.1 Å². The smallest absolute Gasteiger partial charge is 0.251 e. The van der Waals surface area contributed by atoms with E-state index < -0.39 is 10.0 Å². The second kappa shape index (κ2) is 8.99. The average Bonchev–Trinajstić information content (AvgIpc) is 2.69. The highest BCUT2D eigenvalue weighted by Crippen LogP contribution is 2.21. The van der Waals surface area contributed by atoms with E-state index in [1.165, 1.54) is 34.9 Å². The van der Waals surface area contributed by atoms with Crippen molar-refractivity contribution in [2.24, 2.45) is 0 Å². The number of nitrogens with zero attached hydrogens (tertiary/aromatic N) is 1. The normalized spacial score (nSPS) is 21.5. The number of amides is 1. The summed E-state index contributed by atoms with van der Waals surface area (Å²) in [5.74, 6) is -0.171. The summed E-state index contributed by atoms with van der Waals surface area (Å²) in [5.41, 5.74) is 1.89. The van der Waals surface area contributed by atoms with Crippen LogP contribution in [0.25, 0.3) is 0 Å². The highest BCUT2D eigenvalue weighted by Gasteiger charge is 2.31. The SMILES string of the molecule is CC1COCCN1S(=O)(=O)c1ccc(C(=O)NCCC2=CCCCC2)cc1. The van der Waals surface area contributed by atoms with Gasteiger partial charge in [0.25, 0.3) is 5.91 Å². The molecular weight excluding hydrogens is 364 g/mol. The number of sulfonamides is 1. The lowest BCUT2D eigenvalue weighted by molar-refractivity contribution is 0.0393. The minimum absolute atomic E-state index is 0.171. The maximum absolute atomic E-state index is 12.8. The van der Waals surface area contributed by atoms with Crippen LogP contribution in [0, 0.1) is 0 Å². The fraction of sp³-hybridized carbons (Fsp3) is 0.550. The van der Waals surface area contributed by atoms with E-state index >= 15 is 0 Å². The Morgan fingerprint density at radius 3 is 2.70 bits per heavy atom. The molecule has 0 radical (unpaired) electrons. The molecule has 1 heterocycles. The van der Waals surface area contributed by atoms with E-state index in [9.17, 15) is 13.2 Å². The summed E-state index contributed by atoms with van der Waals surface area (Å²) in [5, 5.41) is 2.92. The molecule has 1 amide bonds. The van der Waals surface area contributed by atoms with Gasteiger partial charge in [-0.1, -0.05) is 11.6 Å². The molecular formula is C20H28N2O4S. The first-order chi connectivity index (χ1) is 13.0. The van der Waals surface area contributed by atoms with Crippen LogP contribution in [-0.4, -0.2) is 51.0 Å². The lowest BCUT2D eigenvalue weighted by atomic mass is 9.97. The number of benzene rings is 1. The van der Waals surface area contributed by atoms with Gasteiger partial charge in [-0.05, 0) is 63.3 Å². The van der Waals surface area contributed by atoms with Gasteiger partial charge >= 0.3 is 0 Å². The quantitative estimate of drug-likeness (QED) is 0.756. The standard InChI is InChI=1S/C20H28N2O4S/c1-16-15-26-14-13-22(16)27(24,25)19-9-7-18(8-10-19)20(23)21-12-11-17-5-3-2-4-6-17/h5,7-10,16H,2-4,6,11-15H2,1H3,(H,21,23). The fourth-order valence-electron chi connectivity index (χ4n) is 3.55. The Balaban J connectivity index is 1.59. The van der Waals surface area contributed by atoms with E-state index in [1.54, 1.807) is 12.1 Å². The van der Waals surface area contributed by atoms with Crippen LogP contribution in [0.4, 0.5) is 0 Å². The summed E-state index contributed by atoms with van der Waals surface area (Å²) in [7, 11) is -3.57. The maximum atomic E-state index is 12.8. The van der Waals surface area contributed by atoms with Crippen molar-refractivity contribution in [1.29, 1.82) is 0 Å². The topological polar surface area (TPSA) is 75.7 Å². The van der Waals surface area contributed by atoms with Crippen LogP contribution >= 0.6 is 0 Å². The lowest BCUT2D eigenvalue weighted by Gasteiger charge is -2.32. The zero-order valence-corrected chi connectivity index (χ0v) is 16.6. The molecule has 2 aliphatic rings. The maximum Gasteiger partial charge on any atom is 0.251 e. The Hall–Kier alpha value is -1.70. The predicted molar refractivity (Wildman–Crippen MR) is 104 cm³/mol. The molecule has 1 saturated heterocycles. The molecule has 0 aromatic heterocycles. The molecule has 1 N–H and O–H groups in total. The Labute approximate surface area is 161 Å². The Kier molecular flexibility index (Phi) is 6.68. The second-order valence-electron chi connectivity index (χ2n) is 7.18. The second-order valence-corrected chi connectivity index (χ2v) is 9.07. The molecule has 1 aromatic rings. The molecule has 0 saturated carbocycles. The highest BCUT2D eigenvalue weighted by molar-refractivity contribution is 7.89. The van der Waals surface area contributed by atoms with Crippen molar-refractivity contribution in [3.8, 4) is 0 Å². The van der Waals surface area contributed by atoms with Gasteiger partial charge in [-0.3, -0.25) is 4.79 Å². The van der Waals surface area contributed by atoms with Crippen molar-refractivity contribution in [3.63, 3.8) is 0 Å². The molecule has 1 aliphatic heterocycles. The molecule has 27 heavy (non-hydrogen) atoms. The van der Waals surface area contributed by atoms with Gasteiger partial charge in [-0.25, -0.2) is 8.42 Å². The van der Waals surface area contributed by atoms with Crippen molar-refractivity contribution in [2.45, 2.75) is 50.0 Å². The van der Waals surface area contributed by atoms with Crippen LogP contribution in [0.2, 0.25) is 0 Å². The Bertz CT molecular complexity index is 787. The Morgan fingerprint density at radius 1 is 1.26 bits per heavy atom. The minimum Gasteiger partial charge on any atom is -0.378 e. The minimum atomic E-state index is -3.57. The molecule has 148 valence electrons. The van der Waals surface area contributed by atoms with Crippen LogP contribution in [-0.2, 0) is 14.8 Å². The number of carbonyl (C=O) groups is 1. The van der Waals surface area contributed by atoms with E-state index in [1.807, 2.05) is 6.92 Å². The van der Waals surface area contributed by atoms with Gasteiger partial charge in [0.2, 0.25) is 10.0 Å². The van der Waals surface area contributed by atoms with Gasteiger partial charge in [0.1, 0.15) is 0 Å². The van der Waals surface area contributed by atoms with Crippen molar-refractivity contribution in [1.82, 2.24) is 9.62 Å². The summed E-state index contributed by atoms with van der Waals surface area (Å²) in [6.07, 6.45) is 7.92. The molecule has 1 atom stereocenters. The first-order valence-electron chi connectivity index (χ1n) is 9.64. The summed E-state index contributed by atoms with van der Waals surface area (Å²) in [4.78, 5) is 12.5. The molecule has 1 fully saturated rings. The molecule has 6 nitrogen and oxygen atoms in total. The number of rotatable bonds is 6. The zero-order valence-electron chi connectivity index (χ0n) is 15.8. The third-order valence-corrected chi connectivity index (χ3v) is 7.17. The molecule has 1 aliphatic carbocycles. The fourth-order valence-corrected chi connectivity index (χ4v) is 5.15. The largest absolute Gasteiger partial charge is 0.378 e. The van der Waals surface area contributed by atoms with Crippen LogP contribution in [0.5, 0.6) is 0 Å². The number of nitrogens with one attached hydrogen (secondary N) is 1. The third-order valence-electron chi connectivity index (χ3n) is 5.15. The van der Waals surface area contributed by atoms with Gasteiger partial charge in [0.15, 0.2) is 0 Å². The highest BCUT2D eigenvalue weighted by atomic mass is 32.2. The zero-order chi connectivity index (χ0) is 19.3. The van der Waals surface area contributed by atoms with Crippen molar-refractivity contribution in [3.05, 3.63) is 41.5 Å². The monoisotopic (exact) mass is 392 g/mol. The Morgan fingerprint density at radius 2 is 2.04 bits per heavy atom. The van der Waals surface area contributed by atoms with Crippen LogP contribution in [0.3, 0.4) is 0 Å². The summed E-state index contributed by atoms with van der Waals surface area (Å²) in [6, 6.07) is 5.98. The van der Waals surface area contributed by atoms with Gasteiger partial charge in [0, 0.05) is 24.7 Å². The van der Waals surface area contributed by atoms with Crippen molar-refractivity contribution in [2.75, 3.05) is 26.3 Å². The number of hydrogen-bond acceptors (Lipinski definition) is 4. The summed E-state index contributed by atoms with van der Waals surface area (Å²) >= 11 is 0. The van der Waals surface area contributed by atoms with Crippen molar-refractivity contribution >= 4 is 15.9 Å².